The Hall–Kier alpha value is -1.12. The van der Waals surface area contributed by atoms with Crippen LogP contribution in [0.1, 0.15) is 75.8 Å². The maximum absolute atomic E-state index is 2.39. The fraction of sp³-hybridized carbons (Fsp3) is 0.520. The zero-order chi connectivity index (χ0) is 19.4. The summed E-state index contributed by atoms with van der Waals surface area (Å²) in [4.78, 5) is 1.55. The van der Waals surface area contributed by atoms with Crippen LogP contribution in [-0.2, 0) is 12.8 Å². The molecular weight excluding hydrogens is 364 g/mol. The first-order valence-corrected chi connectivity index (χ1v) is 12.1. The van der Waals surface area contributed by atoms with Crippen molar-refractivity contribution in [3.8, 4) is 0 Å². The molecule has 0 saturated carbocycles. The van der Waals surface area contributed by atoms with Crippen LogP contribution >= 0.6 is 22.7 Å². The summed E-state index contributed by atoms with van der Waals surface area (Å²) in [6.45, 7) is 11.8. The van der Waals surface area contributed by atoms with Gasteiger partial charge in [0.25, 0.3) is 0 Å². The van der Waals surface area contributed by atoms with Gasteiger partial charge in [-0.3, -0.25) is 0 Å². The molecule has 0 nitrogen and oxygen atoms in total. The predicted molar refractivity (Wildman–Crippen MR) is 124 cm³/mol. The van der Waals surface area contributed by atoms with Gasteiger partial charge in [0, 0.05) is 14.3 Å². The zero-order valence-corrected chi connectivity index (χ0v) is 19.2. The zero-order valence-electron chi connectivity index (χ0n) is 17.5. The van der Waals surface area contributed by atoms with E-state index in [9.17, 15) is 0 Å². The van der Waals surface area contributed by atoms with Crippen molar-refractivity contribution in [2.24, 2.45) is 11.3 Å². The lowest BCUT2D eigenvalue weighted by Gasteiger charge is -2.29. The standard InChI is InChI=1S/C25H34S2/c1-18(2)22(17-25(3,4)5)20-12-10-19(11-13-20)8-6-7-9-21-16-24-23(27-21)14-15-26-24/h10-16,18,22H,6-9,17H2,1-5H3. The SMILES string of the molecule is CC(C)C(CC(C)(C)C)c1ccc(CCCCc2cc3sccc3s2)cc1. The van der Waals surface area contributed by atoms with Crippen molar-refractivity contribution in [1.82, 2.24) is 0 Å². The molecule has 1 aromatic carbocycles. The third-order valence-electron chi connectivity index (χ3n) is 5.37. The van der Waals surface area contributed by atoms with Crippen molar-refractivity contribution in [3.63, 3.8) is 0 Å². The van der Waals surface area contributed by atoms with Crippen molar-refractivity contribution >= 4 is 32.1 Å². The fourth-order valence-electron chi connectivity index (χ4n) is 3.90. The lowest BCUT2D eigenvalue weighted by atomic mass is 9.76. The fourth-order valence-corrected chi connectivity index (χ4v) is 6.07. The molecule has 27 heavy (non-hydrogen) atoms. The van der Waals surface area contributed by atoms with Gasteiger partial charge in [0.2, 0.25) is 0 Å². The summed E-state index contributed by atoms with van der Waals surface area (Å²) in [5, 5.41) is 2.19. The molecule has 0 N–H and O–H groups in total. The normalized spacial score (nSPS) is 13.6. The molecule has 2 heterocycles. The van der Waals surface area contributed by atoms with Crippen LogP contribution in [0.5, 0.6) is 0 Å². The number of fused-ring (bicyclic) bond motifs is 1. The third-order valence-corrected chi connectivity index (χ3v) is 7.53. The van der Waals surface area contributed by atoms with E-state index in [2.05, 4.69) is 76.4 Å². The van der Waals surface area contributed by atoms with Crippen molar-refractivity contribution in [2.45, 2.75) is 72.6 Å². The maximum atomic E-state index is 2.39. The third kappa shape index (κ3) is 5.93. The minimum absolute atomic E-state index is 0.379. The van der Waals surface area contributed by atoms with Gasteiger partial charge in [-0.2, -0.15) is 0 Å². The van der Waals surface area contributed by atoms with Gasteiger partial charge in [-0.05, 0) is 78.0 Å². The average molecular weight is 399 g/mol. The molecule has 0 saturated heterocycles. The van der Waals surface area contributed by atoms with Crippen LogP contribution in [0.25, 0.3) is 9.40 Å². The van der Waals surface area contributed by atoms with Gasteiger partial charge in [-0.25, -0.2) is 0 Å². The number of hydrogen-bond donors (Lipinski definition) is 0. The highest BCUT2D eigenvalue weighted by atomic mass is 32.1. The summed E-state index contributed by atoms with van der Waals surface area (Å²) in [5.41, 5.74) is 3.38. The first-order valence-electron chi connectivity index (χ1n) is 10.4. The number of aryl methyl sites for hydroxylation is 2. The van der Waals surface area contributed by atoms with Crippen LogP contribution in [0.3, 0.4) is 0 Å². The summed E-state index contributed by atoms with van der Waals surface area (Å²) in [7, 11) is 0. The van der Waals surface area contributed by atoms with Crippen molar-refractivity contribution in [1.29, 1.82) is 0 Å². The van der Waals surface area contributed by atoms with Crippen LogP contribution in [0.15, 0.2) is 41.8 Å². The molecule has 0 spiro atoms. The van der Waals surface area contributed by atoms with E-state index in [1.165, 1.54) is 52.6 Å². The molecule has 0 aliphatic rings. The van der Waals surface area contributed by atoms with Gasteiger partial charge >= 0.3 is 0 Å². The summed E-state index contributed by atoms with van der Waals surface area (Å²) in [5.74, 6) is 1.35. The summed E-state index contributed by atoms with van der Waals surface area (Å²) < 4.78 is 2.92. The lowest BCUT2D eigenvalue weighted by molar-refractivity contribution is 0.301. The average Bonchev–Trinajstić information content (AvgIpc) is 3.18. The minimum atomic E-state index is 0.379. The molecular formula is C25H34S2. The van der Waals surface area contributed by atoms with Crippen LogP contribution in [0.4, 0.5) is 0 Å². The van der Waals surface area contributed by atoms with E-state index in [4.69, 9.17) is 0 Å². The van der Waals surface area contributed by atoms with E-state index in [0.29, 0.717) is 17.3 Å². The Bertz CT molecular complexity index is 799. The van der Waals surface area contributed by atoms with E-state index in [-0.39, 0.29) is 0 Å². The lowest BCUT2D eigenvalue weighted by Crippen LogP contribution is -2.16. The number of thiophene rings is 2. The Morgan fingerprint density at radius 3 is 2.22 bits per heavy atom. The van der Waals surface area contributed by atoms with Crippen molar-refractivity contribution in [3.05, 3.63) is 57.8 Å². The monoisotopic (exact) mass is 398 g/mol. The minimum Gasteiger partial charge on any atom is -0.143 e. The molecule has 2 heteroatoms. The Balaban J connectivity index is 1.50. The van der Waals surface area contributed by atoms with E-state index < -0.39 is 0 Å². The van der Waals surface area contributed by atoms with Crippen LogP contribution in [0.2, 0.25) is 0 Å². The summed E-state index contributed by atoms with van der Waals surface area (Å²) >= 11 is 3.84. The van der Waals surface area contributed by atoms with Gasteiger partial charge in [0.1, 0.15) is 0 Å². The molecule has 3 rings (SSSR count). The van der Waals surface area contributed by atoms with E-state index in [1.807, 2.05) is 22.7 Å². The van der Waals surface area contributed by atoms with Crippen molar-refractivity contribution in [2.75, 3.05) is 0 Å². The van der Waals surface area contributed by atoms with E-state index in [0.717, 1.165) is 0 Å². The maximum Gasteiger partial charge on any atom is 0.0453 e. The van der Waals surface area contributed by atoms with Gasteiger partial charge in [-0.1, -0.05) is 58.9 Å². The van der Waals surface area contributed by atoms with E-state index >= 15 is 0 Å². The van der Waals surface area contributed by atoms with Crippen LogP contribution in [-0.4, -0.2) is 0 Å². The second kappa shape index (κ2) is 8.92. The summed E-state index contributed by atoms with van der Waals surface area (Å²) in [6, 6.07) is 14.2. The first kappa shape index (κ1) is 20.6. The molecule has 0 fully saturated rings. The van der Waals surface area contributed by atoms with Gasteiger partial charge < -0.3 is 0 Å². The first-order chi connectivity index (χ1) is 12.8. The topological polar surface area (TPSA) is 0 Å². The Labute approximate surface area is 173 Å². The smallest absolute Gasteiger partial charge is 0.0453 e. The molecule has 146 valence electrons. The number of unbranched alkanes of at least 4 members (excludes halogenated alkanes) is 1. The van der Waals surface area contributed by atoms with Gasteiger partial charge in [0.15, 0.2) is 0 Å². The molecule has 2 aromatic heterocycles. The highest BCUT2D eigenvalue weighted by Crippen LogP contribution is 2.36. The molecule has 0 aliphatic carbocycles. The molecule has 0 radical (unpaired) electrons. The second-order valence-corrected chi connectivity index (χ2v) is 11.5. The molecule has 0 bridgehead atoms. The van der Waals surface area contributed by atoms with Crippen LogP contribution in [0, 0.1) is 11.3 Å². The highest BCUT2D eigenvalue weighted by molar-refractivity contribution is 7.26. The molecule has 0 amide bonds. The Morgan fingerprint density at radius 1 is 0.889 bits per heavy atom. The Morgan fingerprint density at radius 2 is 1.59 bits per heavy atom. The van der Waals surface area contributed by atoms with E-state index in [1.54, 1.807) is 4.88 Å². The van der Waals surface area contributed by atoms with Crippen molar-refractivity contribution < 1.29 is 0 Å². The molecule has 1 unspecified atom stereocenters. The number of rotatable bonds is 8. The molecule has 1 atom stereocenters. The molecule has 0 aliphatic heterocycles. The quantitative estimate of drug-likeness (QED) is 0.333. The van der Waals surface area contributed by atoms with Gasteiger partial charge in [0.05, 0.1) is 0 Å². The molecule has 3 aromatic rings. The highest BCUT2D eigenvalue weighted by Gasteiger charge is 2.22. The summed E-state index contributed by atoms with van der Waals surface area (Å²) in [6.07, 6.45) is 6.24. The number of benzene rings is 1. The van der Waals surface area contributed by atoms with Crippen LogP contribution < -0.4 is 0 Å². The predicted octanol–water partition coefficient (Wildman–Crippen LogP) is 8.70. The number of hydrogen-bond acceptors (Lipinski definition) is 2. The second-order valence-electron chi connectivity index (χ2n) is 9.43. The van der Waals surface area contributed by atoms with Gasteiger partial charge in [-0.15, -0.1) is 22.7 Å². The Kier molecular flexibility index (Phi) is 6.81. The largest absolute Gasteiger partial charge is 0.143 e.